The lowest BCUT2D eigenvalue weighted by Gasteiger charge is -2.23. The van der Waals surface area contributed by atoms with Crippen LogP contribution in [0.1, 0.15) is 41.6 Å². The van der Waals surface area contributed by atoms with Crippen LogP contribution in [-0.2, 0) is 4.79 Å². The first kappa shape index (κ1) is 31.3. The van der Waals surface area contributed by atoms with Crippen molar-refractivity contribution in [2.45, 2.75) is 19.3 Å². The highest BCUT2D eigenvalue weighted by atomic mass is 19.2. The molecule has 0 spiro atoms. The van der Waals surface area contributed by atoms with Crippen molar-refractivity contribution >= 4 is 23.5 Å². The fraction of sp³-hybridized carbons (Fsp3) is 0.212. The van der Waals surface area contributed by atoms with Gasteiger partial charge in [0.25, 0.3) is 0 Å². The average molecular weight is 622 g/mol. The molecule has 3 aromatic carbocycles. The van der Waals surface area contributed by atoms with E-state index >= 15 is 4.39 Å². The van der Waals surface area contributed by atoms with Crippen LogP contribution >= 0.6 is 0 Å². The minimum Gasteiger partial charge on any atom is -0.451 e. The van der Waals surface area contributed by atoms with Gasteiger partial charge in [-0.05, 0) is 36.1 Å². The van der Waals surface area contributed by atoms with Gasteiger partial charge in [0.15, 0.2) is 11.6 Å². The molecule has 0 aliphatic carbocycles. The molecule has 2 N–H and O–H groups in total. The molecule has 0 radical (unpaired) electrons. The van der Waals surface area contributed by atoms with E-state index in [0.29, 0.717) is 25.2 Å². The summed E-state index contributed by atoms with van der Waals surface area (Å²) in [4.78, 5) is 27.5. The number of benzene rings is 3. The number of hydrogen-bond acceptors (Lipinski definition) is 6. The molecular formula is C33H28F5N5O2. The van der Waals surface area contributed by atoms with Crippen molar-refractivity contribution in [1.82, 2.24) is 14.9 Å². The number of ether oxygens (including phenoxy) is 1. The van der Waals surface area contributed by atoms with E-state index in [1.807, 2.05) is 37.3 Å². The number of nitrogen functional groups attached to an aromatic ring is 1. The Labute approximate surface area is 255 Å². The zero-order chi connectivity index (χ0) is 32.2. The molecule has 1 amide bonds. The standard InChI is InChI=1S/C33H28F5N5O2/c1-18(20-12-13-43(16-20)26(44)11-8-19-6-4-3-5-7-19)30-27(33(39)42-17-41-30)31(40-2)22-10-9-21(14-23(22)34)45-32-28(37)24(35)15-25(36)29(32)38/h3-11,14-15,17-18,20H,12-13,16H2,1-2H3,(H2,39,41,42)/b11-8+,40-31?. The number of carbonyl (C=O) groups excluding carboxylic acids is 1. The molecule has 1 saturated heterocycles. The number of amides is 1. The van der Waals surface area contributed by atoms with E-state index in [9.17, 15) is 22.4 Å². The molecule has 7 nitrogen and oxygen atoms in total. The Morgan fingerprint density at radius 3 is 2.40 bits per heavy atom. The predicted molar refractivity (Wildman–Crippen MR) is 159 cm³/mol. The molecule has 0 saturated carbocycles. The molecule has 232 valence electrons. The number of nitrogens with zero attached hydrogens (tertiary/aromatic N) is 4. The normalized spacial score (nSPS) is 15.9. The van der Waals surface area contributed by atoms with E-state index in [2.05, 4.69) is 15.0 Å². The second-order valence-corrected chi connectivity index (χ2v) is 10.5. The Balaban J connectivity index is 1.38. The Bertz CT molecular complexity index is 1770. The highest BCUT2D eigenvalue weighted by molar-refractivity contribution is 6.16. The third kappa shape index (κ3) is 6.54. The molecule has 0 bridgehead atoms. The van der Waals surface area contributed by atoms with Crippen LogP contribution < -0.4 is 10.5 Å². The second-order valence-electron chi connectivity index (χ2n) is 10.5. The van der Waals surface area contributed by atoms with Crippen LogP contribution in [-0.4, -0.2) is 46.6 Å². The van der Waals surface area contributed by atoms with Crippen LogP contribution in [0.2, 0.25) is 0 Å². The van der Waals surface area contributed by atoms with Gasteiger partial charge in [-0.15, -0.1) is 0 Å². The summed E-state index contributed by atoms with van der Waals surface area (Å²) < 4.78 is 76.0. The van der Waals surface area contributed by atoms with Crippen LogP contribution in [0.5, 0.6) is 11.5 Å². The van der Waals surface area contributed by atoms with Gasteiger partial charge in [-0.2, -0.15) is 8.78 Å². The Hall–Kier alpha value is -5.13. The first-order chi connectivity index (χ1) is 21.6. The van der Waals surface area contributed by atoms with Crippen LogP contribution in [0, 0.1) is 35.0 Å². The van der Waals surface area contributed by atoms with Gasteiger partial charge in [0.1, 0.15) is 23.7 Å². The van der Waals surface area contributed by atoms with E-state index in [1.54, 1.807) is 17.1 Å². The summed E-state index contributed by atoms with van der Waals surface area (Å²) >= 11 is 0. The molecule has 12 heteroatoms. The maximum absolute atomic E-state index is 15.5. The van der Waals surface area contributed by atoms with Crippen molar-refractivity contribution < 1.29 is 31.5 Å². The molecule has 45 heavy (non-hydrogen) atoms. The Morgan fingerprint density at radius 1 is 1.02 bits per heavy atom. The van der Waals surface area contributed by atoms with Gasteiger partial charge < -0.3 is 15.4 Å². The molecule has 1 aliphatic heterocycles. The average Bonchev–Trinajstić information content (AvgIpc) is 3.54. The van der Waals surface area contributed by atoms with Gasteiger partial charge >= 0.3 is 0 Å². The second kappa shape index (κ2) is 13.2. The molecule has 1 aromatic heterocycles. The van der Waals surface area contributed by atoms with Crippen molar-refractivity contribution in [2.75, 3.05) is 25.9 Å². The molecule has 2 atom stereocenters. The highest BCUT2D eigenvalue weighted by Gasteiger charge is 2.33. The van der Waals surface area contributed by atoms with Gasteiger partial charge in [0, 0.05) is 49.8 Å². The van der Waals surface area contributed by atoms with E-state index in [0.717, 1.165) is 17.7 Å². The lowest BCUT2D eigenvalue weighted by molar-refractivity contribution is -0.125. The zero-order valence-corrected chi connectivity index (χ0v) is 24.3. The summed E-state index contributed by atoms with van der Waals surface area (Å²) in [5.74, 6) is -9.85. The Morgan fingerprint density at radius 2 is 1.73 bits per heavy atom. The minimum atomic E-state index is -1.76. The van der Waals surface area contributed by atoms with Crippen molar-refractivity contribution in [1.29, 1.82) is 0 Å². The fourth-order valence-corrected chi connectivity index (χ4v) is 5.33. The maximum atomic E-state index is 15.5. The van der Waals surface area contributed by atoms with Gasteiger partial charge in [-0.1, -0.05) is 37.3 Å². The molecule has 1 fully saturated rings. The minimum absolute atomic E-state index is 0.00214. The van der Waals surface area contributed by atoms with Crippen molar-refractivity contribution in [3.8, 4) is 11.5 Å². The SMILES string of the molecule is CN=C(c1ccc(Oc2c(F)c(F)cc(F)c2F)cc1F)c1c(N)ncnc1C(C)C1CCN(C(=O)/C=C/c2ccccc2)C1. The smallest absolute Gasteiger partial charge is 0.246 e. The lowest BCUT2D eigenvalue weighted by Crippen LogP contribution is -2.28. The van der Waals surface area contributed by atoms with Crippen molar-refractivity contribution in [3.63, 3.8) is 0 Å². The molecule has 1 aliphatic rings. The van der Waals surface area contributed by atoms with Crippen molar-refractivity contribution in [2.24, 2.45) is 10.9 Å². The monoisotopic (exact) mass is 621 g/mol. The number of hydrogen-bond donors (Lipinski definition) is 1. The fourth-order valence-electron chi connectivity index (χ4n) is 5.33. The summed E-state index contributed by atoms with van der Waals surface area (Å²) in [7, 11) is 1.43. The van der Waals surface area contributed by atoms with Crippen molar-refractivity contribution in [3.05, 3.63) is 118 Å². The molecule has 2 unspecified atom stereocenters. The van der Waals surface area contributed by atoms with Crippen LogP contribution in [0.4, 0.5) is 27.8 Å². The third-order valence-corrected chi connectivity index (χ3v) is 7.75. The number of aliphatic imine (C=N–C) groups is 1. The number of likely N-dealkylation sites (tertiary alicyclic amines) is 1. The van der Waals surface area contributed by atoms with E-state index < -0.39 is 40.6 Å². The summed E-state index contributed by atoms with van der Waals surface area (Å²) in [6.07, 6.45) is 5.30. The van der Waals surface area contributed by atoms with Crippen LogP contribution in [0.25, 0.3) is 6.08 Å². The summed E-state index contributed by atoms with van der Waals surface area (Å²) in [5.41, 5.74) is 8.03. The quantitative estimate of drug-likeness (QED) is 0.103. The van der Waals surface area contributed by atoms with Gasteiger partial charge in [0.2, 0.25) is 23.3 Å². The molecule has 5 rings (SSSR count). The maximum Gasteiger partial charge on any atom is 0.246 e. The van der Waals surface area contributed by atoms with Gasteiger partial charge in [0.05, 0.1) is 17.0 Å². The number of halogens is 5. The molecule has 2 heterocycles. The third-order valence-electron chi connectivity index (χ3n) is 7.75. The van der Waals surface area contributed by atoms with Gasteiger partial charge in [-0.25, -0.2) is 23.1 Å². The molecular weight excluding hydrogens is 593 g/mol. The number of rotatable bonds is 8. The number of anilines is 1. The number of carbonyl (C=O) groups is 1. The van der Waals surface area contributed by atoms with Crippen LogP contribution in [0.3, 0.4) is 0 Å². The largest absolute Gasteiger partial charge is 0.451 e. The first-order valence-corrected chi connectivity index (χ1v) is 14.0. The predicted octanol–water partition coefficient (Wildman–Crippen LogP) is 6.68. The number of aromatic nitrogens is 2. The highest BCUT2D eigenvalue weighted by Crippen LogP contribution is 2.36. The summed E-state index contributed by atoms with van der Waals surface area (Å²) in [5, 5.41) is 0. The lowest BCUT2D eigenvalue weighted by atomic mass is 9.86. The molecule has 4 aromatic rings. The van der Waals surface area contributed by atoms with E-state index in [-0.39, 0.29) is 46.5 Å². The summed E-state index contributed by atoms with van der Waals surface area (Å²) in [6, 6.07) is 12.7. The van der Waals surface area contributed by atoms with Crippen LogP contribution in [0.15, 0.2) is 72.0 Å². The summed E-state index contributed by atoms with van der Waals surface area (Å²) in [6.45, 7) is 2.95. The topological polar surface area (TPSA) is 93.7 Å². The van der Waals surface area contributed by atoms with E-state index in [4.69, 9.17) is 10.5 Å². The number of nitrogens with two attached hydrogens (primary N) is 1. The van der Waals surface area contributed by atoms with Gasteiger partial charge in [-0.3, -0.25) is 9.79 Å². The van der Waals surface area contributed by atoms with E-state index in [1.165, 1.54) is 19.4 Å². The zero-order valence-electron chi connectivity index (χ0n) is 24.3. The Kier molecular flexibility index (Phi) is 9.21. The first-order valence-electron chi connectivity index (χ1n) is 14.0.